The summed E-state index contributed by atoms with van der Waals surface area (Å²) in [7, 11) is 0. The fourth-order valence-electron chi connectivity index (χ4n) is 1.90. The molecule has 0 unspecified atom stereocenters. The quantitative estimate of drug-likeness (QED) is 0.589. The third kappa shape index (κ3) is 4.45. The molecule has 0 bridgehead atoms. The zero-order valence-corrected chi connectivity index (χ0v) is 13.4. The number of esters is 1. The number of para-hydroxylation sites is 1. The van der Waals surface area contributed by atoms with Gasteiger partial charge in [0.15, 0.2) is 12.4 Å². The molecule has 0 aliphatic rings. The van der Waals surface area contributed by atoms with Gasteiger partial charge < -0.3 is 14.8 Å². The molecule has 2 rings (SSSR count). The molecule has 2 aromatic rings. The second-order valence-electron chi connectivity index (χ2n) is 4.72. The largest absolute Gasteiger partial charge is 0.480 e. The minimum Gasteiger partial charge on any atom is -0.480 e. The van der Waals surface area contributed by atoms with Crippen LogP contribution in [0.25, 0.3) is 5.69 Å². The fraction of sp³-hybridized carbons (Fsp3) is 0.235. The van der Waals surface area contributed by atoms with Crippen molar-refractivity contribution in [3.8, 4) is 11.4 Å². The molecule has 0 spiro atoms. The van der Waals surface area contributed by atoms with Gasteiger partial charge in [-0.2, -0.15) is 5.10 Å². The zero-order valence-electron chi connectivity index (χ0n) is 13.4. The summed E-state index contributed by atoms with van der Waals surface area (Å²) in [6.07, 6.45) is 3.11. The highest BCUT2D eigenvalue weighted by molar-refractivity contribution is 5.90. The molecule has 7 heteroatoms. The normalized spacial score (nSPS) is 10.0. The number of nitrogens with zero attached hydrogens (tertiary/aromatic N) is 2. The van der Waals surface area contributed by atoms with Crippen molar-refractivity contribution >= 4 is 11.9 Å². The predicted octanol–water partition coefficient (Wildman–Crippen LogP) is 1.73. The first kappa shape index (κ1) is 17.3. The van der Waals surface area contributed by atoms with Crippen LogP contribution in [0.5, 0.6) is 5.75 Å². The number of hydrogen-bond donors (Lipinski definition) is 1. The Balaban J connectivity index is 2.20. The minimum absolute atomic E-state index is 0.0252. The molecule has 0 aliphatic carbocycles. The van der Waals surface area contributed by atoms with E-state index in [-0.39, 0.29) is 30.6 Å². The van der Waals surface area contributed by atoms with Gasteiger partial charge in [0.25, 0.3) is 5.91 Å². The fourth-order valence-corrected chi connectivity index (χ4v) is 1.90. The maximum atomic E-state index is 12.0. The van der Waals surface area contributed by atoms with Crippen molar-refractivity contribution in [3.05, 3.63) is 54.9 Å². The van der Waals surface area contributed by atoms with E-state index in [9.17, 15) is 9.59 Å². The van der Waals surface area contributed by atoms with Crippen LogP contribution in [0.1, 0.15) is 17.4 Å². The van der Waals surface area contributed by atoms with E-state index in [0.29, 0.717) is 6.54 Å². The summed E-state index contributed by atoms with van der Waals surface area (Å²) in [5.74, 6) is -0.739. The average molecular weight is 329 g/mol. The number of rotatable bonds is 8. The Hall–Kier alpha value is -3.09. The molecule has 0 saturated carbocycles. The summed E-state index contributed by atoms with van der Waals surface area (Å²) in [6, 6.07) is 9.25. The summed E-state index contributed by atoms with van der Waals surface area (Å²) in [5, 5.41) is 6.80. The van der Waals surface area contributed by atoms with Gasteiger partial charge in [-0.1, -0.05) is 24.3 Å². The van der Waals surface area contributed by atoms with Gasteiger partial charge in [0.2, 0.25) is 5.69 Å². The maximum absolute atomic E-state index is 12.0. The molecule has 1 aromatic heterocycles. The van der Waals surface area contributed by atoms with Crippen molar-refractivity contribution in [1.29, 1.82) is 0 Å². The lowest BCUT2D eigenvalue weighted by molar-refractivity contribution is -0.122. The zero-order chi connectivity index (χ0) is 17.4. The minimum atomic E-state index is -0.603. The third-order valence-corrected chi connectivity index (χ3v) is 2.97. The van der Waals surface area contributed by atoms with Gasteiger partial charge in [-0.25, -0.2) is 9.48 Å². The van der Waals surface area contributed by atoms with Gasteiger partial charge in [0.05, 0.1) is 18.5 Å². The van der Waals surface area contributed by atoms with Gasteiger partial charge in [-0.15, -0.1) is 6.58 Å². The first-order chi connectivity index (χ1) is 11.7. The van der Waals surface area contributed by atoms with Crippen LogP contribution >= 0.6 is 0 Å². The number of benzene rings is 1. The molecular weight excluding hydrogens is 310 g/mol. The predicted molar refractivity (Wildman–Crippen MR) is 88.2 cm³/mol. The number of nitrogens with one attached hydrogen (secondary N) is 1. The van der Waals surface area contributed by atoms with Crippen LogP contribution in [0.3, 0.4) is 0 Å². The van der Waals surface area contributed by atoms with Crippen LogP contribution in [-0.2, 0) is 9.53 Å². The number of ether oxygens (including phenoxy) is 2. The van der Waals surface area contributed by atoms with E-state index in [0.717, 1.165) is 5.69 Å². The topological polar surface area (TPSA) is 82.5 Å². The Labute approximate surface area is 139 Å². The van der Waals surface area contributed by atoms with E-state index in [1.54, 1.807) is 19.2 Å². The highest BCUT2D eigenvalue weighted by Gasteiger charge is 2.20. The van der Waals surface area contributed by atoms with Gasteiger partial charge in [0.1, 0.15) is 0 Å². The van der Waals surface area contributed by atoms with Gasteiger partial charge in [-0.3, -0.25) is 4.79 Å². The van der Waals surface area contributed by atoms with Crippen LogP contribution in [0.15, 0.2) is 49.2 Å². The first-order valence-electron chi connectivity index (χ1n) is 7.48. The lowest BCUT2D eigenvalue weighted by Crippen LogP contribution is -2.29. The molecule has 0 aliphatic heterocycles. The molecule has 7 nitrogen and oxygen atoms in total. The Bertz CT molecular complexity index is 710. The van der Waals surface area contributed by atoms with E-state index in [1.807, 2.05) is 30.3 Å². The molecule has 24 heavy (non-hydrogen) atoms. The molecule has 0 fully saturated rings. The van der Waals surface area contributed by atoms with Crippen molar-refractivity contribution in [1.82, 2.24) is 15.1 Å². The first-order valence-corrected chi connectivity index (χ1v) is 7.48. The number of carbonyl (C=O) groups excluding carboxylic acids is 2. The van der Waals surface area contributed by atoms with Crippen molar-refractivity contribution < 1.29 is 19.1 Å². The molecule has 1 aromatic carbocycles. The van der Waals surface area contributed by atoms with E-state index in [2.05, 4.69) is 17.0 Å². The summed E-state index contributed by atoms with van der Waals surface area (Å²) >= 11 is 0. The number of hydrogen-bond acceptors (Lipinski definition) is 5. The van der Waals surface area contributed by atoms with E-state index < -0.39 is 5.97 Å². The van der Waals surface area contributed by atoms with Crippen molar-refractivity contribution in [2.75, 3.05) is 19.8 Å². The summed E-state index contributed by atoms with van der Waals surface area (Å²) in [4.78, 5) is 23.7. The maximum Gasteiger partial charge on any atom is 0.362 e. The number of carbonyl (C=O) groups is 2. The Kier molecular flexibility index (Phi) is 6.13. The van der Waals surface area contributed by atoms with E-state index in [4.69, 9.17) is 9.47 Å². The van der Waals surface area contributed by atoms with Crippen molar-refractivity contribution in [2.45, 2.75) is 6.92 Å². The smallest absolute Gasteiger partial charge is 0.362 e. The lowest BCUT2D eigenvalue weighted by Gasteiger charge is -2.05. The molecule has 0 saturated heterocycles. The molecule has 0 atom stereocenters. The summed E-state index contributed by atoms with van der Waals surface area (Å²) in [5.41, 5.74) is 0.784. The molecule has 1 amide bonds. The molecule has 0 radical (unpaired) electrons. The van der Waals surface area contributed by atoms with E-state index >= 15 is 0 Å². The Morgan fingerprint density at radius 2 is 2.08 bits per heavy atom. The van der Waals surface area contributed by atoms with Crippen LogP contribution in [-0.4, -0.2) is 41.4 Å². The molecule has 1 N–H and O–H groups in total. The van der Waals surface area contributed by atoms with Crippen LogP contribution in [0.2, 0.25) is 0 Å². The molecule has 126 valence electrons. The van der Waals surface area contributed by atoms with Crippen molar-refractivity contribution in [2.24, 2.45) is 0 Å². The SMILES string of the molecule is C=CCNC(=O)COc1cn(-c2ccccc2)nc1C(=O)OCC. The van der Waals surface area contributed by atoms with Crippen LogP contribution in [0.4, 0.5) is 0 Å². The van der Waals surface area contributed by atoms with Gasteiger partial charge >= 0.3 is 5.97 Å². The van der Waals surface area contributed by atoms with Gasteiger partial charge in [0, 0.05) is 6.54 Å². The Morgan fingerprint density at radius 1 is 1.33 bits per heavy atom. The second kappa shape index (κ2) is 8.52. The highest BCUT2D eigenvalue weighted by Crippen LogP contribution is 2.20. The molecule has 1 heterocycles. The van der Waals surface area contributed by atoms with Crippen LogP contribution in [0, 0.1) is 0 Å². The van der Waals surface area contributed by atoms with E-state index in [1.165, 1.54) is 4.68 Å². The van der Waals surface area contributed by atoms with Crippen LogP contribution < -0.4 is 10.1 Å². The standard InChI is InChI=1S/C17H19N3O4/c1-3-10-18-15(21)12-24-14-11-20(13-8-6-5-7-9-13)19-16(14)17(22)23-4-2/h3,5-9,11H,1,4,10,12H2,2H3,(H,18,21). The summed E-state index contributed by atoms with van der Waals surface area (Å²) in [6.45, 7) is 5.55. The second-order valence-corrected chi connectivity index (χ2v) is 4.72. The Morgan fingerprint density at radius 3 is 2.75 bits per heavy atom. The molecular formula is C17H19N3O4. The highest BCUT2D eigenvalue weighted by atomic mass is 16.5. The van der Waals surface area contributed by atoms with Gasteiger partial charge in [-0.05, 0) is 19.1 Å². The number of aromatic nitrogens is 2. The average Bonchev–Trinajstić information content (AvgIpc) is 3.03. The van der Waals surface area contributed by atoms with Crippen molar-refractivity contribution in [3.63, 3.8) is 0 Å². The summed E-state index contributed by atoms with van der Waals surface area (Å²) < 4.78 is 11.9. The lowest BCUT2D eigenvalue weighted by atomic mass is 10.3. The monoisotopic (exact) mass is 329 g/mol. The third-order valence-electron chi connectivity index (χ3n) is 2.97. The number of amides is 1.